The van der Waals surface area contributed by atoms with Gasteiger partial charge in [-0.1, -0.05) is 36.4 Å². The first-order valence-corrected chi connectivity index (χ1v) is 19.6. The lowest BCUT2D eigenvalue weighted by Crippen LogP contribution is -2.37. The van der Waals surface area contributed by atoms with Gasteiger partial charge in [0.1, 0.15) is 0 Å². The van der Waals surface area contributed by atoms with Gasteiger partial charge in [0, 0.05) is 42.7 Å². The zero-order valence-electron chi connectivity index (χ0n) is 32.9. The molecule has 5 rings (SSSR count). The van der Waals surface area contributed by atoms with Crippen LogP contribution in [-0.4, -0.2) is 113 Å². The van der Waals surface area contributed by atoms with E-state index in [1.807, 2.05) is 60.7 Å². The molecule has 2 atom stereocenters. The van der Waals surface area contributed by atoms with Gasteiger partial charge in [-0.05, 0) is 113 Å². The number of rotatable bonds is 19. The molecule has 0 aliphatic carbocycles. The van der Waals surface area contributed by atoms with Gasteiger partial charge in [0.2, 0.25) is 5.91 Å². The third kappa shape index (κ3) is 11.3. The number of methoxy groups -OCH3 is 4. The van der Waals surface area contributed by atoms with Crippen molar-refractivity contribution >= 4 is 11.8 Å². The smallest absolute Gasteiger partial charge is 0.251 e. The van der Waals surface area contributed by atoms with Crippen LogP contribution in [0.2, 0.25) is 0 Å². The van der Waals surface area contributed by atoms with Gasteiger partial charge in [-0.3, -0.25) is 9.59 Å². The Morgan fingerprint density at radius 3 is 1.65 bits per heavy atom. The Morgan fingerprint density at radius 1 is 0.673 bits per heavy atom. The van der Waals surface area contributed by atoms with E-state index in [2.05, 4.69) is 20.4 Å². The average molecular weight is 761 g/mol. The van der Waals surface area contributed by atoms with Crippen molar-refractivity contribution in [3.63, 3.8) is 0 Å². The summed E-state index contributed by atoms with van der Waals surface area (Å²) in [6.07, 6.45) is 4.37. The van der Waals surface area contributed by atoms with Gasteiger partial charge < -0.3 is 49.6 Å². The van der Waals surface area contributed by atoms with Crippen molar-refractivity contribution in [3.8, 4) is 23.0 Å². The summed E-state index contributed by atoms with van der Waals surface area (Å²) in [6, 6.07) is 18.9. The lowest BCUT2D eigenvalue weighted by Gasteiger charge is -2.34. The van der Waals surface area contributed by atoms with Gasteiger partial charge in [-0.15, -0.1) is 0 Å². The molecule has 4 N–H and O–H groups in total. The van der Waals surface area contributed by atoms with Crippen LogP contribution in [0.15, 0.2) is 60.7 Å². The minimum absolute atomic E-state index is 0.0217. The van der Waals surface area contributed by atoms with Crippen LogP contribution in [0.25, 0.3) is 0 Å². The molecular weight excluding hydrogens is 700 g/mol. The fourth-order valence-electron chi connectivity index (χ4n) is 7.92. The van der Waals surface area contributed by atoms with Crippen molar-refractivity contribution < 1.29 is 38.7 Å². The van der Waals surface area contributed by atoms with Crippen LogP contribution in [0.1, 0.15) is 77.8 Å². The molecule has 0 spiro atoms. The van der Waals surface area contributed by atoms with Gasteiger partial charge in [-0.25, -0.2) is 0 Å². The van der Waals surface area contributed by atoms with E-state index >= 15 is 0 Å². The van der Waals surface area contributed by atoms with Gasteiger partial charge in [0.15, 0.2) is 23.0 Å². The van der Waals surface area contributed by atoms with Crippen LogP contribution >= 0.6 is 0 Å². The lowest BCUT2D eigenvalue weighted by atomic mass is 9.87. The van der Waals surface area contributed by atoms with Crippen molar-refractivity contribution in [1.82, 2.24) is 20.4 Å². The van der Waals surface area contributed by atoms with Gasteiger partial charge in [-0.2, -0.15) is 0 Å². The molecule has 0 radical (unpaired) electrons. The van der Waals surface area contributed by atoms with Crippen molar-refractivity contribution in [2.24, 2.45) is 11.8 Å². The van der Waals surface area contributed by atoms with Crippen LogP contribution in [0.4, 0.5) is 0 Å². The molecule has 2 amide bonds. The highest BCUT2D eigenvalue weighted by molar-refractivity contribution is 5.94. The molecular formula is C43H60N4O8. The van der Waals surface area contributed by atoms with Crippen LogP contribution in [0, 0.1) is 11.8 Å². The number of hydrogen-bond donors (Lipinski definition) is 4. The summed E-state index contributed by atoms with van der Waals surface area (Å²) in [5.41, 5.74) is 3.29. The number of likely N-dealkylation sites (tertiary alicyclic amines) is 2. The number of carbonyl (C=O) groups excluding carboxylic acids is 2. The number of nitrogens with zero attached hydrogens (tertiary/aromatic N) is 2. The third-order valence-corrected chi connectivity index (χ3v) is 11.2. The summed E-state index contributed by atoms with van der Waals surface area (Å²) in [6.45, 7) is 6.05. The van der Waals surface area contributed by atoms with E-state index < -0.39 is 12.2 Å². The van der Waals surface area contributed by atoms with Crippen molar-refractivity contribution in [2.75, 3.05) is 80.8 Å². The standard InChI is InChI=1S/C43H60N4O8/c1-52-36-10-5-8-34(41(36)54-3)39(49)31-18-26-46(27-19-31)24-7-12-38(48)44-22-23-45-43(51)33-15-13-30(14-16-33)17-25-47-28-20-32(21-29-47)40(50)35-9-6-11-37(53-2)42(35)55-4/h5-6,8-11,13-16,31-32,39-40,49-50H,7,12,17-29H2,1-4H3,(H,44,48)(H,45,51)/t39-,40-/m1/s1. The predicted molar refractivity (Wildman–Crippen MR) is 212 cm³/mol. The summed E-state index contributed by atoms with van der Waals surface area (Å²) in [4.78, 5) is 30.0. The molecule has 0 bridgehead atoms. The number of amides is 2. The molecule has 0 aromatic heterocycles. The fraction of sp³-hybridized carbons (Fsp3) is 0.535. The molecule has 12 heteroatoms. The lowest BCUT2D eigenvalue weighted by molar-refractivity contribution is -0.121. The Bertz CT molecular complexity index is 1650. The number of hydrogen-bond acceptors (Lipinski definition) is 10. The first-order chi connectivity index (χ1) is 26.8. The summed E-state index contributed by atoms with van der Waals surface area (Å²) in [5.74, 6) is 2.53. The van der Waals surface area contributed by atoms with Crippen molar-refractivity contribution in [2.45, 2.75) is 57.2 Å². The number of aliphatic hydroxyl groups excluding tert-OH is 2. The van der Waals surface area contributed by atoms with E-state index in [-0.39, 0.29) is 23.7 Å². The van der Waals surface area contributed by atoms with E-state index in [9.17, 15) is 19.8 Å². The molecule has 2 aliphatic heterocycles. The Labute approximate surface area is 326 Å². The molecule has 3 aromatic rings. The van der Waals surface area contributed by atoms with E-state index in [4.69, 9.17) is 18.9 Å². The molecule has 2 heterocycles. The molecule has 2 fully saturated rings. The number of benzene rings is 3. The van der Waals surface area contributed by atoms with Crippen LogP contribution in [0.5, 0.6) is 23.0 Å². The number of carbonyl (C=O) groups is 2. The van der Waals surface area contributed by atoms with Gasteiger partial charge in [0.05, 0.1) is 40.6 Å². The zero-order valence-corrected chi connectivity index (χ0v) is 32.9. The highest BCUT2D eigenvalue weighted by Crippen LogP contribution is 2.41. The van der Waals surface area contributed by atoms with Crippen LogP contribution in [0.3, 0.4) is 0 Å². The summed E-state index contributed by atoms with van der Waals surface area (Å²) < 4.78 is 21.9. The first kappa shape index (κ1) is 41.8. The maximum Gasteiger partial charge on any atom is 0.251 e. The number of ether oxygens (including phenoxy) is 4. The van der Waals surface area contributed by atoms with Crippen molar-refractivity contribution in [3.05, 3.63) is 82.9 Å². The highest BCUT2D eigenvalue weighted by Gasteiger charge is 2.30. The topological polar surface area (TPSA) is 142 Å². The predicted octanol–water partition coefficient (Wildman–Crippen LogP) is 4.78. The fourth-order valence-corrected chi connectivity index (χ4v) is 7.92. The minimum atomic E-state index is -0.622. The second kappa shape index (κ2) is 21.1. The SMILES string of the molecule is COc1cccc([C@H](O)C2CCN(CCCC(=O)NCCNC(=O)c3ccc(CCN4CCC([C@@H](O)c5cccc(OC)c5OC)CC4)cc3)CC2)c1OC. The quantitative estimate of drug-likeness (QED) is 0.126. The molecule has 2 saturated heterocycles. The molecule has 0 unspecified atom stereocenters. The number of para-hydroxylation sites is 2. The van der Waals surface area contributed by atoms with Crippen LogP contribution in [-0.2, 0) is 11.2 Å². The summed E-state index contributed by atoms with van der Waals surface area (Å²) in [7, 11) is 6.39. The molecule has 55 heavy (non-hydrogen) atoms. The molecule has 3 aromatic carbocycles. The summed E-state index contributed by atoms with van der Waals surface area (Å²) in [5, 5.41) is 28.1. The number of aliphatic hydroxyl groups is 2. The monoisotopic (exact) mass is 760 g/mol. The number of nitrogens with one attached hydrogen (secondary N) is 2. The maximum absolute atomic E-state index is 12.7. The van der Waals surface area contributed by atoms with E-state index in [1.54, 1.807) is 28.4 Å². The maximum atomic E-state index is 12.7. The van der Waals surface area contributed by atoms with Crippen LogP contribution < -0.4 is 29.6 Å². The zero-order chi connectivity index (χ0) is 39.2. The third-order valence-electron chi connectivity index (χ3n) is 11.2. The Balaban J connectivity index is 0.920. The minimum Gasteiger partial charge on any atom is -0.493 e. The second-order valence-electron chi connectivity index (χ2n) is 14.6. The summed E-state index contributed by atoms with van der Waals surface area (Å²) >= 11 is 0. The Morgan fingerprint density at radius 2 is 1.16 bits per heavy atom. The van der Waals surface area contributed by atoms with Gasteiger partial charge in [0.25, 0.3) is 5.91 Å². The van der Waals surface area contributed by atoms with E-state index in [0.29, 0.717) is 48.1 Å². The molecule has 2 aliphatic rings. The number of piperidine rings is 2. The first-order valence-electron chi connectivity index (χ1n) is 19.6. The normalized spacial score (nSPS) is 16.9. The Hall–Kier alpha value is -4.36. The Kier molecular flexibility index (Phi) is 16.0. The highest BCUT2D eigenvalue weighted by atomic mass is 16.5. The molecule has 12 nitrogen and oxygen atoms in total. The second-order valence-corrected chi connectivity index (χ2v) is 14.6. The van der Waals surface area contributed by atoms with Crippen molar-refractivity contribution in [1.29, 1.82) is 0 Å². The molecule has 0 saturated carbocycles. The average Bonchev–Trinajstić information content (AvgIpc) is 3.23. The largest absolute Gasteiger partial charge is 0.493 e. The van der Waals surface area contributed by atoms with E-state index in [0.717, 1.165) is 88.9 Å². The van der Waals surface area contributed by atoms with Gasteiger partial charge >= 0.3 is 0 Å². The van der Waals surface area contributed by atoms with E-state index in [1.165, 1.54) is 5.56 Å². The molecule has 300 valence electrons.